The number of aromatic nitrogens is 1. The van der Waals surface area contributed by atoms with Crippen molar-refractivity contribution in [2.45, 2.75) is 18.7 Å². The van der Waals surface area contributed by atoms with Crippen molar-refractivity contribution in [3.05, 3.63) is 53.7 Å². The van der Waals surface area contributed by atoms with Gasteiger partial charge < -0.3 is 4.90 Å². The number of hydrazone groups is 1. The molecule has 3 rings (SSSR count). The van der Waals surface area contributed by atoms with E-state index in [1.807, 2.05) is 39.1 Å². The fraction of sp³-hybridized carbons (Fsp3) is 0.368. The number of sulfonamides is 1. The van der Waals surface area contributed by atoms with Gasteiger partial charge in [0.25, 0.3) is 0 Å². The highest BCUT2D eigenvalue weighted by Crippen LogP contribution is 2.18. The number of benzene rings is 1. The van der Waals surface area contributed by atoms with Gasteiger partial charge in [-0.1, -0.05) is 29.8 Å². The van der Waals surface area contributed by atoms with Gasteiger partial charge in [-0.25, -0.2) is 13.4 Å². The molecule has 1 N–H and O–H groups in total. The van der Waals surface area contributed by atoms with E-state index in [1.165, 1.54) is 16.1 Å². The highest BCUT2D eigenvalue weighted by Gasteiger charge is 2.27. The summed E-state index contributed by atoms with van der Waals surface area (Å²) in [6.45, 7) is 6.41. The van der Waals surface area contributed by atoms with Gasteiger partial charge in [-0.15, -0.1) is 0 Å². The average molecular weight is 388 g/mol. The molecule has 8 heteroatoms. The molecule has 0 amide bonds. The van der Waals surface area contributed by atoms with Gasteiger partial charge in [-0.05, 0) is 38.6 Å². The minimum Gasteiger partial charge on any atom is -0.304 e. The van der Waals surface area contributed by atoms with Crippen LogP contribution in [0.15, 0.2) is 52.6 Å². The Bertz CT molecular complexity index is 917. The lowest BCUT2D eigenvalue weighted by atomic mass is 10.1. The fourth-order valence-electron chi connectivity index (χ4n) is 2.85. The molecule has 0 spiro atoms. The van der Waals surface area contributed by atoms with Gasteiger partial charge in [0, 0.05) is 32.4 Å². The Balaban J connectivity index is 1.69. The number of hydrogen-bond acceptors (Lipinski definition) is 6. The number of piperazine rings is 1. The van der Waals surface area contributed by atoms with Gasteiger partial charge in [0.05, 0.1) is 5.71 Å². The Hall–Kier alpha value is -2.29. The number of nitrogens with one attached hydrogen (secondary N) is 1. The van der Waals surface area contributed by atoms with Crippen LogP contribution in [-0.4, -0.2) is 61.5 Å². The molecular formula is C19H25N5O2S. The zero-order valence-electron chi connectivity index (χ0n) is 15.9. The van der Waals surface area contributed by atoms with E-state index in [2.05, 4.69) is 26.5 Å². The van der Waals surface area contributed by atoms with Crippen LogP contribution >= 0.6 is 0 Å². The molecule has 7 nitrogen and oxygen atoms in total. The van der Waals surface area contributed by atoms with Crippen molar-refractivity contribution in [2.75, 3.05) is 38.7 Å². The molecule has 1 aliphatic heterocycles. The lowest BCUT2D eigenvalue weighted by Gasteiger charge is -2.31. The molecule has 0 bridgehead atoms. The van der Waals surface area contributed by atoms with E-state index in [1.54, 1.807) is 12.1 Å². The second-order valence-electron chi connectivity index (χ2n) is 6.76. The smallest absolute Gasteiger partial charge is 0.244 e. The summed E-state index contributed by atoms with van der Waals surface area (Å²) in [6, 6.07) is 11.3. The summed E-state index contributed by atoms with van der Waals surface area (Å²) in [6.07, 6.45) is 1.38. The maximum atomic E-state index is 12.7. The molecule has 2 aromatic rings. The largest absolute Gasteiger partial charge is 0.304 e. The molecule has 0 saturated carbocycles. The number of nitrogens with zero attached hydrogens (tertiary/aromatic N) is 4. The predicted octanol–water partition coefficient (Wildman–Crippen LogP) is 2.16. The Kier molecular flexibility index (Phi) is 5.88. The lowest BCUT2D eigenvalue weighted by molar-refractivity contribution is 0.222. The molecule has 1 aliphatic rings. The summed E-state index contributed by atoms with van der Waals surface area (Å²) in [7, 11) is -1.51. The summed E-state index contributed by atoms with van der Waals surface area (Å²) in [4.78, 5) is 6.53. The third-order valence-electron chi connectivity index (χ3n) is 4.61. The van der Waals surface area contributed by atoms with Crippen molar-refractivity contribution in [1.29, 1.82) is 0 Å². The fourth-order valence-corrected chi connectivity index (χ4v) is 4.22. The molecule has 1 fully saturated rings. The third kappa shape index (κ3) is 4.71. The van der Waals surface area contributed by atoms with Crippen molar-refractivity contribution in [3.63, 3.8) is 0 Å². The van der Waals surface area contributed by atoms with Gasteiger partial charge in [-0.3, -0.25) is 5.43 Å². The van der Waals surface area contributed by atoms with Crippen molar-refractivity contribution in [1.82, 2.24) is 14.2 Å². The normalized spacial score (nSPS) is 17.1. The average Bonchev–Trinajstić information content (AvgIpc) is 2.67. The summed E-state index contributed by atoms with van der Waals surface area (Å²) < 4.78 is 26.9. The minimum absolute atomic E-state index is 0.206. The molecule has 0 unspecified atom stereocenters. The Morgan fingerprint density at radius 1 is 1.15 bits per heavy atom. The first kappa shape index (κ1) is 19.5. The molecule has 1 aromatic heterocycles. The first-order chi connectivity index (χ1) is 12.9. The Morgan fingerprint density at radius 3 is 2.52 bits per heavy atom. The van der Waals surface area contributed by atoms with Crippen LogP contribution in [0.4, 0.5) is 5.82 Å². The minimum atomic E-state index is -3.50. The Labute approximate surface area is 160 Å². The van der Waals surface area contributed by atoms with Gasteiger partial charge >= 0.3 is 0 Å². The summed E-state index contributed by atoms with van der Waals surface area (Å²) in [5.41, 5.74) is 5.91. The molecular weight excluding hydrogens is 362 g/mol. The van der Waals surface area contributed by atoms with Gasteiger partial charge in [0.1, 0.15) is 10.7 Å². The first-order valence-corrected chi connectivity index (χ1v) is 10.3. The van der Waals surface area contributed by atoms with Crippen LogP contribution < -0.4 is 5.43 Å². The molecule has 2 heterocycles. The van der Waals surface area contributed by atoms with E-state index >= 15 is 0 Å². The van der Waals surface area contributed by atoms with Crippen LogP contribution in [0.1, 0.15) is 18.1 Å². The zero-order chi connectivity index (χ0) is 19.4. The number of aryl methyl sites for hydroxylation is 1. The van der Waals surface area contributed by atoms with Crippen LogP contribution in [0, 0.1) is 6.92 Å². The molecule has 0 aliphatic carbocycles. The molecule has 1 aromatic carbocycles. The van der Waals surface area contributed by atoms with E-state index < -0.39 is 10.0 Å². The second kappa shape index (κ2) is 8.16. The van der Waals surface area contributed by atoms with E-state index in [0.29, 0.717) is 18.9 Å². The quantitative estimate of drug-likeness (QED) is 0.628. The highest BCUT2D eigenvalue weighted by atomic mass is 32.2. The summed E-state index contributed by atoms with van der Waals surface area (Å²) in [5, 5.41) is 4.33. The van der Waals surface area contributed by atoms with E-state index in [4.69, 9.17) is 0 Å². The van der Waals surface area contributed by atoms with Crippen LogP contribution in [0.2, 0.25) is 0 Å². The van der Waals surface area contributed by atoms with Crippen LogP contribution in [0.25, 0.3) is 0 Å². The predicted molar refractivity (Wildman–Crippen MR) is 108 cm³/mol. The molecule has 1 saturated heterocycles. The van der Waals surface area contributed by atoms with Crippen LogP contribution in [0.5, 0.6) is 0 Å². The second-order valence-corrected chi connectivity index (χ2v) is 8.70. The van der Waals surface area contributed by atoms with Gasteiger partial charge in [-0.2, -0.15) is 9.41 Å². The maximum absolute atomic E-state index is 12.7. The standard InChI is InChI=1S/C19H25N5O2S/c1-15-5-4-6-17(13-15)16(2)21-22-19-8-7-18(14-20-19)27(25,26)24-11-9-23(3)10-12-24/h4-8,13-14H,9-12H2,1-3H3,(H,20,22). The van der Waals surface area contributed by atoms with Crippen LogP contribution in [0.3, 0.4) is 0 Å². The van der Waals surface area contributed by atoms with Crippen molar-refractivity contribution >= 4 is 21.6 Å². The summed E-state index contributed by atoms with van der Waals surface area (Å²) in [5.74, 6) is 0.499. The number of pyridine rings is 1. The number of anilines is 1. The molecule has 0 atom stereocenters. The highest BCUT2D eigenvalue weighted by molar-refractivity contribution is 7.89. The van der Waals surface area contributed by atoms with Crippen molar-refractivity contribution < 1.29 is 8.42 Å². The van der Waals surface area contributed by atoms with Crippen LogP contribution in [-0.2, 0) is 10.0 Å². The zero-order valence-corrected chi connectivity index (χ0v) is 16.7. The monoisotopic (exact) mass is 387 g/mol. The van der Waals surface area contributed by atoms with E-state index in [0.717, 1.165) is 24.4 Å². The number of rotatable bonds is 5. The SMILES string of the molecule is CC(=NNc1ccc(S(=O)(=O)N2CCN(C)CC2)cn1)c1cccc(C)c1. The first-order valence-electron chi connectivity index (χ1n) is 8.88. The van der Waals surface area contributed by atoms with E-state index in [9.17, 15) is 8.42 Å². The van der Waals surface area contributed by atoms with Gasteiger partial charge in [0.2, 0.25) is 10.0 Å². The summed E-state index contributed by atoms with van der Waals surface area (Å²) >= 11 is 0. The maximum Gasteiger partial charge on any atom is 0.244 e. The van der Waals surface area contributed by atoms with Gasteiger partial charge in [0.15, 0.2) is 0 Å². The molecule has 0 radical (unpaired) electrons. The number of hydrogen-bond donors (Lipinski definition) is 1. The Morgan fingerprint density at radius 2 is 1.89 bits per heavy atom. The van der Waals surface area contributed by atoms with E-state index in [-0.39, 0.29) is 4.90 Å². The van der Waals surface area contributed by atoms with Crippen molar-refractivity contribution in [3.8, 4) is 0 Å². The lowest BCUT2D eigenvalue weighted by Crippen LogP contribution is -2.47. The number of likely N-dealkylation sites (N-methyl/N-ethyl adjacent to an activating group) is 1. The molecule has 144 valence electrons. The van der Waals surface area contributed by atoms with Crippen molar-refractivity contribution in [2.24, 2.45) is 5.10 Å². The topological polar surface area (TPSA) is 77.9 Å². The third-order valence-corrected chi connectivity index (χ3v) is 6.49. The molecule has 27 heavy (non-hydrogen) atoms.